The molecule has 5 nitrogen and oxygen atoms in total. The molecule has 0 unspecified atom stereocenters. The van der Waals surface area contributed by atoms with E-state index in [2.05, 4.69) is 4.98 Å². The third kappa shape index (κ3) is 3.09. The van der Waals surface area contributed by atoms with Gasteiger partial charge in [0.2, 0.25) is 0 Å². The van der Waals surface area contributed by atoms with Crippen LogP contribution in [0.25, 0.3) is 5.57 Å². The minimum absolute atomic E-state index is 0.0195. The summed E-state index contributed by atoms with van der Waals surface area (Å²) < 4.78 is 38.6. The minimum Gasteiger partial charge on any atom is -0.450 e. The molecule has 0 bridgehead atoms. The minimum atomic E-state index is -0.884. The van der Waals surface area contributed by atoms with Gasteiger partial charge in [0.15, 0.2) is 17.4 Å². The molecular formula is C16H15F2N3O2. The molecule has 0 amide bonds. The fourth-order valence-corrected chi connectivity index (χ4v) is 2.41. The highest BCUT2D eigenvalue weighted by atomic mass is 19.1. The molecule has 4 N–H and O–H groups in total. The van der Waals surface area contributed by atoms with Crippen molar-refractivity contribution < 1.29 is 18.3 Å². The second kappa shape index (κ2) is 6.21. The summed E-state index contributed by atoms with van der Waals surface area (Å²) in [6.45, 7) is 0.970. The quantitative estimate of drug-likeness (QED) is 0.849. The Kier molecular flexibility index (Phi) is 4.12. The first-order chi connectivity index (χ1) is 11.1. The van der Waals surface area contributed by atoms with Crippen LogP contribution in [0.15, 0.2) is 30.5 Å². The molecule has 2 heterocycles. The molecule has 0 aliphatic carbocycles. The van der Waals surface area contributed by atoms with Gasteiger partial charge in [-0.25, -0.2) is 13.8 Å². The number of anilines is 2. The van der Waals surface area contributed by atoms with Crippen LogP contribution in [0, 0.1) is 11.6 Å². The first-order valence-electron chi connectivity index (χ1n) is 7.00. The number of hydrogen-bond acceptors (Lipinski definition) is 5. The number of nitrogen functional groups attached to an aromatic ring is 2. The lowest BCUT2D eigenvalue weighted by atomic mass is 10.0. The van der Waals surface area contributed by atoms with Crippen LogP contribution in [0.1, 0.15) is 12.0 Å². The summed E-state index contributed by atoms with van der Waals surface area (Å²) in [5, 5.41) is 0. The van der Waals surface area contributed by atoms with Gasteiger partial charge in [0.1, 0.15) is 11.6 Å². The lowest BCUT2D eigenvalue weighted by Gasteiger charge is -2.18. The molecule has 0 saturated carbocycles. The van der Waals surface area contributed by atoms with Crippen LogP contribution in [0.4, 0.5) is 20.3 Å². The largest absolute Gasteiger partial charge is 0.450 e. The van der Waals surface area contributed by atoms with Crippen molar-refractivity contribution in [1.82, 2.24) is 4.98 Å². The van der Waals surface area contributed by atoms with Crippen molar-refractivity contribution in [2.45, 2.75) is 6.42 Å². The third-order valence-corrected chi connectivity index (χ3v) is 3.46. The summed E-state index contributed by atoms with van der Waals surface area (Å²) in [6, 6.07) is 3.50. The van der Waals surface area contributed by atoms with Gasteiger partial charge in [0.05, 0.1) is 18.8 Å². The van der Waals surface area contributed by atoms with Crippen molar-refractivity contribution in [2.24, 2.45) is 0 Å². The van der Waals surface area contributed by atoms with Gasteiger partial charge in [-0.05, 0) is 18.1 Å². The molecule has 0 atom stereocenters. The summed E-state index contributed by atoms with van der Waals surface area (Å²) in [5.41, 5.74) is 12.7. The van der Waals surface area contributed by atoms with Crippen LogP contribution >= 0.6 is 0 Å². The second-order valence-corrected chi connectivity index (χ2v) is 5.04. The Morgan fingerprint density at radius 1 is 1.17 bits per heavy atom. The van der Waals surface area contributed by atoms with Crippen molar-refractivity contribution in [3.63, 3.8) is 0 Å². The van der Waals surface area contributed by atoms with E-state index in [1.54, 1.807) is 0 Å². The van der Waals surface area contributed by atoms with Gasteiger partial charge in [-0.3, -0.25) is 0 Å². The predicted octanol–water partition coefficient (Wildman–Crippen LogP) is 3.12. The zero-order chi connectivity index (χ0) is 16.4. The normalized spacial score (nSPS) is 14.4. The van der Waals surface area contributed by atoms with Crippen LogP contribution in [-0.2, 0) is 4.74 Å². The second-order valence-electron chi connectivity index (χ2n) is 5.04. The SMILES string of the molecule is Nc1cc(F)c(Oc2ccnc(N)c2C2=CCOCC2)c(F)c1. The smallest absolute Gasteiger partial charge is 0.198 e. The van der Waals surface area contributed by atoms with Crippen molar-refractivity contribution in [3.05, 3.63) is 47.7 Å². The number of nitrogens with zero attached hydrogens (tertiary/aromatic N) is 1. The molecule has 3 rings (SSSR count). The Morgan fingerprint density at radius 3 is 2.57 bits per heavy atom. The van der Waals surface area contributed by atoms with Crippen molar-refractivity contribution >= 4 is 17.1 Å². The highest BCUT2D eigenvalue weighted by Crippen LogP contribution is 2.37. The molecule has 0 saturated heterocycles. The molecule has 23 heavy (non-hydrogen) atoms. The molecule has 1 aliphatic heterocycles. The number of benzene rings is 1. The van der Waals surface area contributed by atoms with E-state index in [4.69, 9.17) is 20.9 Å². The molecule has 120 valence electrons. The highest BCUT2D eigenvalue weighted by molar-refractivity contribution is 5.78. The molecule has 1 aliphatic rings. The number of hydrogen-bond donors (Lipinski definition) is 2. The van der Waals surface area contributed by atoms with Gasteiger partial charge >= 0.3 is 0 Å². The van der Waals surface area contributed by atoms with Crippen LogP contribution in [0.5, 0.6) is 11.5 Å². The fourth-order valence-electron chi connectivity index (χ4n) is 2.41. The van der Waals surface area contributed by atoms with Crippen LogP contribution < -0.4 is 16.2 Å². The average molecular weight is 319 g/mol. The maximum absolute atomic E-state index is 13.9. The number of aromatic nitrogens is 1. The van der Waals surface area contributed by atoms with Gasteiger partial charge in [-0.15, -0.1) is 0 Å². The maximum atomic E-state index is 13.9. The van der Waals surface area contributed by atoms with Crippen molar-refractivity contribution in [2.75, 3.05) is 24.7 Å². The number of ether oxygens (including phenoxy) is 2. The molecule has 1 aromatic carbocycles. The van der Waals surface area contributed by atoms with Gasteiger partial charge in [-0.2, -0.15) is 0 Å². The Balaban J connectivity index is 2.04. The molecular weight excluding hydrogens is 304 g/mol. The van der Waals surface area contributed by atoms with E-state index in [1.165, 1.54) is 12.3 Å². The van der Waals surface area contributed by atoms with E-state index in [9.17, 15) is 8.78 Å². The Labute approximate surface area is 131 Å². The molecule has 2 aromatic rings. The summed E-state index contributed by atoms with van der Waals surface area (Å²) in [7, 11) is 0. The molecule has 1 aromatic heterocycles. The standard InChI is InChI=1S/C16H15F2N3O2/c17-11-7-10(19)8-12(18)15(11)23-13-1-4-21-16(20)14(13)9-2-5-22-6-3-9/h1-2,4,7-8H,3,5-6,19H2,(H2,20,21). The van der Waals surface area contributed by atoms with Gasteiger partial charge in [0.25, 0.3) is 0 Å². The van der Waals surface area contributed by atoms with Gasteiger partial charge in [-0.1, -0.05) is 6.08 Å². The Bertz CT molecular complexity index is 755. The molecule has 0 spiro atoms. The van der Waals surface area contributed by atoms with E-state index < -0.39 is 17.4 Å². The number of pyridine rings is 1. The summed E-state index contributed by atoms with van der Waals surface area (Å²) in [5.74, 6) is -1.84. The van der Waals surface area contributed by atoms with E-state index in [0.29, 0.717) is 25.2 Å². The van der Waals surface area contributed by atoms with Gasteiger partial charge < -0.3 is 20.9 Å². The monoisotopic (exact) mass is 319 g/mol. The first kappa shape index (κ1) is 15.2. The maximum Gasteiger partial charge on any atom is 0.198 e. The van der Waals surface area contributed by atoms with Crippen molar-refractivity contribution in [3.8, 4) is 11.5 Å². The molecule has 7 heteroatoms. The van der Waals surface area contributed by atoms with E-state index in [0.717, 1.165) is 17.7 Å². The number of nitrogens with two attached hydrogens (primary N) is 2. The third-order valence-electron chi connectivity index (χ3n) is 3.46. The number of halogens is 2. The first-order valence-corrected chi connectivity index (χ1v) is 7.00. The van der Waals surface area contributed by atoms with Crippen LogP contribution in [0.3, 0.4) is 0 Å². The summed E-state index contributed by atoms with van der Waals surface area (Å²) in [6.07, 6.45) is 3.87. The Hall–Kier alpha value is -2.67. The zero-order valence-corrected chi connectivity index (χ0v) is 12.2. The lowest BCUT2D eigenvalue weighted by molar-refractivity contribution is 0.161. The fraction of sp³-hybridized carbons (Fsp3) is 0.188. The molecule has 0 fully saturated rings. The summed E-state index contributed by atoms with van der Waals surface area (Å²) in [4.78, 5) is 4.02. The Morgan fingerprint density at radius 2 is 1.91 bits per heavy atom. The zero-order valence-electron chi connectivity index (χ0n) is 12.2. The van der Waals surface area contributed by atoms with E-state index in [1.807, 2.05) is 6.08 Å². The van der Waals surface area contributed by atoms with Crippen LogP contribution in [0.2, 0.25) is 0 Å². The number of rotatable bonds is 3. The van der Waals surface area contributed by atoms with Crippen LogP contribution in [-0.4, -0.2) is 18.2 Å². The summed E-state index contributed by atoms with van der Waals surface area (Å²) >= 11 is 0. The predicted molar refractivity (Wildman–Crippen MR) is 82.9 cm³/mol. The highest BCUT2D eigenvalue weighted by Gasteiger charge is 2.19. The van der Waals surface area contributed by atoms with Gasteiger partial charge in [0, 0.05) is 24.0 Å². The van der Waals surface area contributed by atoms with E-state index in [-0.39, 0.29) is 17.3 Å². The van der Waals surface area contributed by atoms with Crippen molar-refractivity contribution in [1.29, 1.82) is 0 Å². The van der Waals surface area contributed by atoms with E-state index >= 15 is 0 Å². The lowest BCUT2D eigenvalue weighted by Crippen LogP contribution is -2.08. The average Bonchev–Trinajstić information content (AvgIpc) is 2.52. The topological polar surface area (TPSA) is 83.4 Å². The molecule has 0 radical (unpaired) electrons.